The predicted octanol–water partition coefficient (Wildman–Crippen LogP) is 1.06. The van der Waals surface area contributed by atoms with Crippen molar-refractivity contribution in [3.05, 3.63) is 29.6 Å². The summed E-state index contributed by atoms with van der Waals surface area (Å²) < 4.78 is 13.0. The van der Waals surface area contributed by atoms with Gasteiger partial charge in [0.15, 0.2) is 0 Å². The number of piperidine rings is 1. The van der Waals surface area contributed by atoms with Crippen molar-refractivity contribution in [1.82, 2.24) is 9.80 Å². The lowest BCUT2D eigenvalue weighted by molar-refractivity contribution is -0.0392. The number of likely N-dealkylation sites (tertiary alicyclic amines) is 1. The van der Waals surface area contributed by atoms with Crippen LogP contribution < -0.4 is 0 Å². The lowest BCUT2D eigenvalue weighted by Gasteiger charge is -2.40. The number of β-amino-alcohol motifs (C(OH)–C–C–N with tert-alkyl or cyclic N) is 1. The van der Waals surface area contributed by atoms with Gasteiger partial charge in [-0.05, 0) is 39.1 Å². The molecule has 2 rings (SSSR count). The van der Waals surface area contributed by atoms with Crippen LogP contribution in [0, 0.1) is 5.82 Å². The molecule has 0 aromatic heterocycles. The van der Waals surface area contributed by atoms with Gasteiger partial charge in [0.05, 0.1) is 17.7 Å². The first-order chi connectivity index (χ1) is 9.81. The fourth-order valence-corrected chi connectivity index (χ4v) is 2.86. The molecule has 0 saturated carbocycles. The zero-order valence-electron chi connectivity index (χ0n) is 12.3. The molecule has 0 aliphatic carbocycles. The van der Waals surface area contributed by atoms with E-state index in [1.54, 1.807) is 0 Å². The number of hydrogen-bond acceptors (Lipinski definition) is 4. The van der Waals surface area contributed by atoms with Gasteiger partial charge in [0, 0.05) is 19.2 Å². The zero-order valence-corrected chi connectivity index (χ0v) is 12.3. The summed E-state index contributed by atoms with van der Waals surface area (Å²) in [5, 5.41) is 20.3. The molecule has 116 valence electrons. The number of carbonyl (C=O) groups is 1. The second-order valence-electron chi connectivity index (χ2n) is 5.95. The fourth-order valence-electron chi connectivity index (χ4n) is 2.86. The minimum absolute atomic E-state index is 0.0607. The summed E-state index contributed by atoms with van der Waals surface area (Å²) >= 11 is 0. The van der Waals surface area contributed by atoms with E-state index >= 15 is 0 Å². The molecule has 2 N–H and O–H groups in total. The summed E-state index contributed by atoms with van der Waals surface area (Å²) in [5.74, 6) is -1.35. The van der Waals surface area contributed by atoms with Crippen molar-refractivity contribution >= 4 is 5.91 Å². The van der Waals surface area contributed by atoms with Gasteiger partial charge in [0.25, 0.3) is 5.91 Å². The maximum Gasteiger partial charge on any atom is 0.257 e. The molecule has 0 unspecified atom stereocenters. The van der Waals surface area contributed by atoms with Gasteiger partial charge in [-0.3, -0.25) is 4.79 Å². The number of amides is 1. The van der Waals surface area contributed by atoms with E-state index in [0.717, 1.165) is 12.1 Å². The Morgan fingerprint density at radius 3 is 2.81 bits per heavy atom. The largest absolute Gasteiger partial charge is 0.507 e. The molecule has 0 spiro atoms. The molecule has 1 aromatic rings. The standard InChI is InChI=1S/C15H21FN2O3/c1-17(2)9-15(21)6-3-7-18(10-15)14(20)12-5-4-11(16)8-13(12)19/h4-5,8,19,21H,3,6-7,9-10H2,1-2H3/t15-/m1/s1. The van der Waals surface area contributed by atoms with Crippen molar-refractivity contribution in [2.24, 2.45) is 0 Å². The minimum Gasteiger partial charge on any atom is -0.507 e. The smallest absolute Gasteiger partial charge is 0.257 e. The van der Waals surface area contributed by atoms with Crippen molar-refractivity contribution in [2.75, 3.05) is 33.7 Å². The van der Waals surface area contributed by atoms with Crippen LogP contribution in [0.15, 0.2) is 18.2 Å². The predicted molar refractivity (Wildman–Crippen MR) is 76.7 cm³/mol. The molecular weight excluding hydrogens is 275 g/mol. The van der Waals surface area contributed by atoms with Gasteiger partial charge < -0.3 is 20.0 Å². The van der Waals surface area contributed by atoms with Gasteiger partial charge in [-0.1, -0.05) is 0 Å². The number of nitrogens with zero attached hydrogens (tertiary/aromatic N) is 2. The number of phenolic OH excluding ortho intramolecular Hbond substituents is 1. The first kappa shape index (κ1) is 15.7. The van der Waals surface area contributed by atoms with E-state index in [0.29, 0.717) is 25.9 Å². The summed E-state index contributed by atoms with van der Waals surface area (Å²) in [6, 6.07) is 3.33. The van der Waals surface area contributed by atoms with Crippen molar-refractivity contribution in [2.45, 2.75) is 18.4 Å². The highest BCUT2D eigenvalue weighted by Crippen LogP contribution is 2.26. The highest BCUT2D eigenvalue weighted by molar-refractivity contribution is 5.96. The number of phenols is 1. The van der Waals surface area contributed by atoms with Crippen molar-refractivity contribution < 1.29 is 19.4 Å². The number of carbonyl (C=O) groups excluding carboxylic acids is 1. The van der Waals surface area contributed by atoms with Crippen molar-refractivity contribution in [3.8, 4) is 5.75 Å². The highest BCUT2D eigenvalue weighted by Gasteiger charge is 2.36. The molecule has 1 heterocycles. The number of hydrogen-bond donors (Lipinski definition) is 2. The number of aromatic hydroxyl groups is 1. The average molecular weight is 296 g/mol. The number of halogens is 1. The SMILES string of the molecule is CN(C)C[C@]1(O)CCCN(C(=O)c2ccc(F)cc2O)C1. The Kier molecular flexibility index (Phi) is 4.49. The van der Waals surface area contributed by atoms with Crippen LogP contribution in [0.5, 0.6) is 5.75 Å². The Bertz CT molecular complexity index is 536. The molecule has 1 saturated heterocycles. The van der Waals surface area contributed by atoms with E-state index in [-0.39, 0.29) is 23.8 Å². The molecule has 1 fully saturated rings. The van der Waals surface area contributed by atoms with Gasteiger partial charge in [0.2, 0.25) is 0 Å². The van der Waals surface area contributed by atoms with Crippen LogP contribution in [0.25, 0.3) is 0 Å². The molecule has 1 aliphatic rings. The molecule has 0 radical (unpaired) electrons. The van der Waals surface area contributed by atoms with E-state index in [1.165, 1.54) is 11.0 Å². The molecule has 6 heteroatoms. The minimum atomic E-state index is -0.951. The first-order valence-electron chi connectivity index (χ1n) is 6.96. The van der Waals surface area contributed by atoms with Crippen molar-refractivity contribution in [3.63, 3.8) is 0 Å². The summed E-state index contributed by atoms with van der Waals surface area (Å²) in [6.07, 6.45) is 1.32. The summed E-state index contributed by atoms with van der Waals surface area (Å²) in [4.78, 5) is 15.8. The maximum atomic E-state index is 13.0. The second-order valence-corrected chi connectivity index (χ2v) is 5.95. The monoisotopic (exact) mass is 296 g/mol. The quantitative estimate of drug-likeness (QED) is 0.875. The van der Waals surface area contributed by atoms with Crippen LogP contribution in [0.2, 0.25) is 0 Å². The topological polar surface area (TPSA) is 64.0 Å². The van der Waals surface area contributed by atoms with Crippen LogP contribution in [-0.2, 0) is 0 Å². The third kappa shape index (κ3) is 3.71. The Balaban J connectivity index is 2.15. The molecule has 1 atom stereocenters. The van der Waals surface area contributed by atoms with E-state index in [1.807, 2.05) is 19.0 Å². The average Bonchev–Trinajstić information content (AvgIpc) is 2.36. The Labute approximate surface area is 123 Å². The number of likely N-dealkylation sites (N-methyl/N-ethyl adjacent to an activating group) is 1. The Hall–Kier alpha value is -1.66. The van der Waals surface area contributed by atoms with E-state index < -0.39 is 11.4 Å². The van der Waals surface area contributed by atoms with Crippen LogP contribution in [-0.4, -0.2) is 65.3 Å². The summed E-state index contributed by atoms with van der Waals surface area (Å²) in [6.45, 7) is 1.19. The number of rotatable bonds is 3. The lowest BCUT2D eigenvalue weighted by Crippen LogP contribution is -2.54. The van der Waals surface area contributed by atoms with Crippen LogP contribution >= 0.6 is 0 Å². The van der Waals surface area contributed by atoms with Crippen LogP contribution in [0.4, 0.5) is 4.39 Å². The maximum absolute atomic E-state index is 13.0. The molecule has 21 heavy (non-hydrogen) atoms. The fraction of sp³-hybridized carbons (Fsp3) is 0.533. The molecule has 1 aromatic carbocycles. The number of aliphatic hydroxyl groups is 1. The first-order valence-corrected chi connectivity index (χ1v) is 6.96. The summed E-state index contributed by atoms with van der Waals surface area (Å²) in [5.41, 5.74) is -0.891. The molecular formula is C15H21FN2O3. The van der Waals surface area contributed by atoms with Crippen molar-refractivity contribution in [1.29, 1.82) is 0 Å². The van der Waals surface area contributed by atoms with Gasteiger partial charge in [0.1, 0.15) is 11.6 Å². The van der Waals surface area contributed by atoms with Gasteiger partial charge in [-0.2, -0.15) is 0 Å². The van der Waals surface area contributed by atoms with E-state index in [4.69, 9.17) is 0 Å². The van der Waals surface area contributed by atoms with Crippen LogP contribution in [0.3, 0.4) is 0 Å². The van der Waals surface area contributed by atoms with Gasteiger partial charge >= 0.3 is 0 Å². The number of benzene rings is 1. The molecule has 1 aliphatic heterocycles. The Morgan fingerprint density at radius 2 is 2.19 bits per heavy atom. The zero-order chi connectivity index (χ0) is 15.6. The highest BCUT2D eigenvalue weighted by atomic mass is 19.1. The molecule has 5 nitrogen and oxygen atoms in total. The normalized spacial score (nSPS) is 22.6. The van der Waals surface area contributed by atoms with Gasteiger partial charge in [-0.25, -0.2) is 4.39 Å². The molecule has 1 amide bonds. The van der Waals surface area contributed by atoms with Gasteiger partial charge in [-0.15, -0.1) is 0 Å². The third-order valence-electron chi connectivity index (χ3n) is 3.64. The molecule has 0 bridgehead atoms. The lowest BCUT2D eigenvalue weighted by atomic mass is 9.92. The Morgan fingerprint density at radius 1 is 1.48 bits per heavy atom. The second kappa shape index (κ2) is 5.99. The van der Waals surface area contributed by atoms with E-state index in [2.05, 4.69) is 0 Å². The van der Waals surface area contributed by atoms with Crippen LogP contribution in [0.1, 0.15) is 23.2 Å². The third-order valence-corrected chi connectivity index (χ3v) is 3.64. The summed E-state index contributed by atoms with van der Waals surface area (Å²) in [7, 11) is 3.73. The van der Waals surface area contributed by atoms with E-state index in [9.17, 15) is 19.4 Å².